The lowest BCUT2D eigenvalue weighted by atomic mass is 10.0. The summed E-state index contributed by atoms with van der Waals surface area (Å²) >= 11 is 0. The number of alkyl halides is 3. The first-order valence-corrected chi connectivity index (χ1v) is 10.4. The lowest BCUT2D eigenvalue weighted by Gasteiger charge is -2.41. The van der Waals surface area contributed by atoms with Gasteiger partial charge in [0, 0.05) is 44.4 Å². The van der Waals surface area contributed by atoms with Gasteiger partial charge in [0.2, 0.25) is 11.8 Å². The average Bonchev–Trinajstić information content (AvgIpc) is 3.12. The monoisotopic (exact) mass is 463 g/mol. The zero-order chi connectivity index (χ0) is 24.3. The Balaban J connectivity index is 1.79. The molecule has 176 valence electrons. The molecule has 0 spiro atoms. The largest absolute Gasteiger partial charge is 0.417 e. The SMILES string of the molecule is CNC(=O)C1CN(c2ccc(C#N)c(C(F)(F)F)c2)CCN1C(=O)CCc1c(C)noc1C. The zero-order valence-electron chi connectivity index (χ0n) is 18.5. The highest BCUT2D eigenvalue weighted by atomic mass is 19.4. The second-order valence-corrected chi connectivity index (χ2v) is 7.81. The number of nitrogens with one attached hydrogen (secondary N) is 1. The molecule has 0 bridgehead atoms. The minimum atomic E-state index is -4.68. The van der Waals surface area contributed by atoms with E-state index in [9.17, 15) is 22.8 Å². The van der Waals surface area contributed by atoms with E-state index in [1.807, 2.05) is 0 Å². The summed E-state index contributed by atoms with van der Waals surface area (Å²) in [6.07, 6.45) is -4.13. The molecule has 0 aliphatic carbocycles. The van der Waals surface area contributed by atoms with Crippen molar-refractivity contribution in [1.82, 2.24) is 15.4 Å². The highest BCUT2D eigenvalue weighted by Crippen LogP contribution is 2.35. The Hall–Kier alpha value is -3.55. The molecule has 1 atom stereocenters. The number of aryl methyl sites for hydroxylation is 2. The van der Waals surface area contributed by atoms with Crippen molar-refractivity contribution < 1.29 is 27.3 Å². The van der Waals surface area contributed by atoms with Gasteiger partial charge in [-0.25, -0.2) is 0 Å². The minimum Gasteiger partial charge on any atom is -0.367 e. The first-order chi connectivity index (χ1) is 15.6. The van der Waals surface area contributed by atoms with Crippen LogP contribution in [0.15, 0.2) is 22.7 Å². The molecule has 11 heteroatoms. The number of nitriles is 1. The number of anilines is 1. The normalized spacial score (nSPS) is 16.5. The molecule has 3 rings (SSSR count). The smallest absolute Gasteiger partial charge is 0.367 e. The Labute approximate surface area is 188 Å². The van der Waals surface area contributed by atoms with Gasteiger partial charge in [0.05, 0.1) is 22.9 Å². The first-order valence-electron chi connectivity index (χ1n) is 10.4. The van der Waals surface area contributed by atoms with Crippen LogP contribution in [0.5, 0.6) is 0 Å². The number of benzene rings is 1. The Morgan fingerprint density at radius 2 is 2.03 bits per heavy atom. The third-order valence-electron chi connectivity index (χ3n) is 5.81. The van der Waals surface area contributed by atoms with Crippen molar-refractivity contribution in [3.8, 4) is 6.07 Å². The van der Waals surface area contributed by atoms with Gasteiger partial charge in [-0.3, -0.25) is 9.59 Å². The maximum atomic E-state index is 13.4. The second kappa shape index (κ2) is 9.52. The molecule has 1 aromatic heterocycles. The fraction of sp³-hybridized carbons (Fsp3) is 0.455. The van der Waals surface area contributed by atoms with E-state index in [1.54, 1.807) is 24.8 Å². The lowest BCUT2D eigenvalue weighted by Crippen LogP contribution is -2.60. The molecule has 1 saturated heterocycles. The van der Waals surface area contributed by atoms with Gasteiger partial charge < -0.3 is 19.6 Å². The summed E-state index contributed by atoms with van der Waals surface area (Å²) in [6, 6.07) is 4.14. The zero-order valence-corrected chi connectivity index (χ0v) is 18.5. The van der Waals surface area contributed by atoms with E-state index in [0.29, 0.717) is 17.9 Å². The number of hydrogen-bond acceptors (Lipinski definition) is 6. The predicted octanol–water partition coefficient (Wildman–Crippen LogP) is 2.58. The van der Waals surface area contributed by atoms with Gasteiger partial charge >= 0.3 is 6.18 Å². The van der Waals surface area contributed by atoms with Crippen LogP contribution >= 0.6 is 0 Å². The van der Waals surface area contributed by atoms with Crippen molar-refractivity contribution >= 4 is 17.5 Å². The molecule has 1 aliphatic rings. The number of rotatable bonds is 5. The molecule has 0 radical (unpaired) electrons. The fourth-order valence-electron chi connectivity index (χ4n) is 4.00. The summed E-state index contributed by atoms with van der Waals surface area (Å²) in [7, 11) is 1.44. The number of likely N-dealkylation sites (N-methyl/N-ethyl adjacent to an activating group) is 1. The highest BCUT2D eigenvalue weighted by molar-refractivity contribution is 5.88. The predicted molar refractivity (Wildman–Crippen MR) is 112 cm³/mol. The summed E-state index contributed by atoms with van der Waals surface area (Å²) in [5.41, 5.74) is 0.280. The van der Waals surface area contributed by atoms with Crippen molar-refractivity contribution in [2.24, 2.45) is 0 Å². The number of halogens is 3. The molecule has 2 heterocycles. The van der Waals surface area contributed by atoms with Crippen LogP contribution in [0.1, 0.15) is 34.6 Å². The molecular formula is C22H24F3N5O3. The molecule has 1 aromatic carbocycles. The second-order valence-electron chi connectivity index (χ2n) is 7.81. The topological polar surface area (TPSA) is 102 Å². The highest BCUT2D eigenvalue weighted by Gasteiger charge is 2.37. The number of carbonyl (C=O) groups excluding carboxylic acids is 2. The van der Waals surface area contributed by atoms with Crippen LogP contribution in [-0.4, -0.2) is 54.6 Å². The maximum Gasteiger partial charge on any atom is 0.417 e. The Morgan fingerprint density at radius 3 is 2.61 bits per heavy atom. The van der Waals surface area contributed by atoms with E-state index in [4.69, 9.17) is 9.78 Å². The molecule has 2 amide bonds. The van der Waals surface area contributed by atoms with Crippen LogP contribution in [0.2, 0.25) is 0 Å². The molecule has 8 nitrogen and oxygen atoms in total. The quantitative estimate of drug-likeness (QED) is 0.731. The number of carbonyl (C=O) groups is 2. The molecule has 1 aliphatic heterocycles. The minimum absolute atomic E-state index is 0.0277. The van der Waals surface area contributed by atoms with E-state index in [0.717, 1.165) is 17.7 Å². The van der Waals surface area contributed by atoms with Crippen molar-refractivity contribution in [3.05, 3.63) is 46.3 Å². The summed E-state index contributed by atoms with van der Waals surface area (Å²) in [6.45, 7) is 3.99. The van der Waals surface area contributed by atoms with Crippen molar-refractivity contribution in [2.75, 3.05) is 31.6 Å². The summed E-state index contributed by atoms with van der Waals surface area (Å²) in [5.74, 6) is -0.0107. The van der Waals surface area contributed by atoms with Crippen LogP contribution in [0.25, 0.3) is 0 Å². The Kier molecular flexibility index (Phi) is 6.95. The van der Waals surface area contributed by atoms with Gasteiger partial charge in [-0.05, 0) is 38.5 Å². The van der Waals surface area contributed by atoms with E-state index in [1.165, 1.54) is 18.0 Å². The van der Waals surface area contributed by atoms with E-state index < -0.39 is 29.3 Å². The van der Waals surface area contributed by atoms with Gasteiger partial charge in [-0.15, -0.1) is 0 Å². The van der Waals surface area contributed by atoms with Crippen LogP contribution in [-0.2, 0) is 22.2 Å². The van der Waals surface area contributed by atoms with Gasteiger partial charge in [0.25, 0.3) is 0 Å². The van der Waals surface area contributed by atoms with Crippen LogP contribution in [0.3, 0.4) is 0 Å². The third kappa shape index (κ3) is 5.10. The molecule has 2 aromatic rings. The fourth-order valence-corrected chi connectivity index (χ4v) is 4.00. The first kappa shape index (κ1) is 24.1. The standard InChI is InChI=1S/C22H24F3N5O3/c1-13-17(14(2)33-28-13)6-7-20(31)30-9-8-29(12-19(30)21(32)27-3)16-5-4-15(11-26)18(10-16)22(23,24)25/h4-5,10,19H,6-9,12H2,1-3H3,(H,27,32). The number of piperazine rings is 1. The van der Waals surface area contributed by atoms with Crippen molar-refractivity contribution in [2.45, 2.75) is 38.9 Å². The summed E-state index contributed by atoms with van der Waals surface area (Å²) < 4.78 is 45.2. The maximum absolute atomic E-state index is 13.4. The van der Waals surface area contributed by atoms with Gasteiger partial charge in [-0.2, -0.15) is 18.4 Å². The number of hydrogen-bond donors (Lipinski definition) is 1. The van der Waals surface area contributed by atoms with Gasteiger partial charge in [-0.1, -0.05) is 5.16 Å². The molecule has 1 fully saturated rings. The molecule has 0 saturated carbocycles. The number of aromatic nitrogens is 1. The summed E-state index contributed by atoms with van der Waals surface area (Å²) in [5, 5.41) is 15.4. The molecule has 1 unspecified atom stereocenters. The van der Waals surface area contributed by atoms with Gasteiger partial charge in [0.1, 0.15) is 11.8 Å². The van der Waals surface area contributed by atoms with E-state index in [-0.39, 0.29) is 37.6 Å². The van der Waals surface area contributed by atoms with E-state index >= 15 is 0 Å². The van der Waals surface area contributed by atoms with E-state index in [2.05, 4.69) is 10.5 Å². The Bertz CT molecular complexity index is 1070. The summed E-state index contributed by atoms with van der Waals surface area (Å²) in [4.78, 5) is 28.6. The average molecular weight is 463 g/mol. The third-order valence-corrected chi connectivity index (χ3v) is 5.81. The molecule has 1 N–H and O–H groups in total. The molecular weight excluding hydrogens is 439 g/mol. The molecule has 33 heavy (non-hydrogen) atoms. The van der Waals surface area contributed by atoms with Gasteiger partial charge in [0.15, 0.2) is 0 Å². The Morgan fingerprint density at radius 1 is 1.30 bits per heavy atom. The van der Waals surface area contributed by atoms with Crippen LogP contribution in [0.4, 0.5) is 18.9 Å². The number of amides is 2. The van der Waals surface area contributed by atoms with Crippen molar-refractivity contribution in [3.63, 3.8) is 0 Å². The van der Waals surface area contributed by atoms with Crippen molar-refractivity contribution in [1.29, 1.82) is 5.26 Å². The van der Waals surface area contributed by atoms with Crippen LogP contribution in [0, 0.1) is 25.2 Å². The number of nitrogens with zero attached hydrogens (tertiary/aromatic N) is 4. The van der Waals surface area contributed by atoms with Crippen LogP contribution < -0.4 is 10.2 Å². The lowest BCUT2D eigenvalue weighted by molar-refractivity contribution is -0.140.